The van der Waals surface area contributed by atoms with E-state index in [9.17, 15) is 0 Å². The van der Waals surface area contributed by atoms with Crippen LogP contribution in [-0.2, 0) is 6.54 Å². The van der Waals surface area contributed by atoms with Gasteiger partial charge >= 0.3 is 0 Å². The molecule has 98 valence electrons. The molecule has 0 aliphatic heterocycles. The van der Waals surface area contributed by atoms with Crippen LogP contribution in [-0.4, -0.2) is 25.5 Å². The van der Waals surface area contributed by atoms with Crippen molar-refractivity contribution in [3.8, 4) is 0 Å². The van der Waals surface area contributed by atoms with Gasteiger partial charge in [-0.05, 0) is 19.4 Å². The zero-order valence-electron chi connectivity index (χ0n) is 11.1. The van der Waals surface area contributed by atoms with E-state index in [1.165, 1.54) is 5.52 Å². The first kappa shape index (κ1) is 12.4. The lowest BCUT2D eigenvalue weighted by atomic mass is 10.2. The lowest BCUT2D eigenvalue weighted by Gasteiger charge is -2.02. The van der Waals surface area contributed by atoms with Gasteiger partial charge in [0.2, 0.25) is 5.16 Å². The van der Waals surface area contributed by atoms with E-state index >= 15 is 0 Å². The zero-order valence-corrected chi connectivity index (χ0v) is 11.9. The minimum absolute atomic E-state index is 0.770. The third-order valence-electron chi connectivity index (χ3n) is 3.11. The molecule has 0 N–H and O–H groups in total. The summed E-state index contributed by atoms with van der Waals surface area (Å²) in [5.41, 5.74) is 3.02. The number of aromatic nitrogens is 4. The molecule has 0 amide bonds. The Morgan fingerprint density at radius 2 is 2.00 bits per heavy atom. The van der Waals surface area contributed by atoms with Gasteiger partial charge in [-0.15, -0.1) is 10.2 Å². The van der Waals surface area contributed by atoms with Gasteiger partial charge in [-0.2, -0.15) is 0 Å². The van der Waals surface area contributed by atoms with Crippen molar-refractivity contribution in [2.75, 3.05) is 5.75 Å². The molecule has 0 radical (unpaired) electrons. The first-order chi connectivity index (χ1) is 9.35. The molecule has 0 bridgehead atoms. The molecule has 0 aliphatic rings. The van der Waals surface area contributed by atoms with E-state index in [1.54, 1.807) is 11.8 Å². The van der Waals surface area contributed by atoms with Crippen LogP contribution in [0.15, 0.2) is 29.4 Å². The van der Waals surface area contributed by atoms with Gasteiger partial charge in [-0.25, -0.2) is 4.98 Å². The third kappa shape index (κ3) is 2.08. The van der Waals surface area contributed by atoms with E-state index < -0.39 is 0 Å². The van der Waals surface area contributed by atoms with E-state index in [0.29, 0.717) is 0 Å². The van der Waals surface area contributed by atoms with Crippen LogP contribution in [0.3, 0.4) is 0 Å². The maximum Gasteiger partial charge on any atom is 0.211 e. The Labute approximate surface area is 116 Å². The van der Waals surface area contributed by atoms with Gasteiger partial charge < -0.3 is 4.57 Å². The number of thioether (sulfide) groups is 1. The van der Waals surface area contributed by atoms with Crippen molar-refractivity contribution in [3.63, 3.8) is 0 Å². The van der Waals surface area contributed by atoms with Crippen LogP contribution in [0.25, 0.3) is 22.1 Å². The van der Waals surface area contributed by atoms with Crippen LogP contribution in [0.4, 0.5) is 0 Å². The summed E-state index contributed by atoms with van der Waals surface area (Å²) in [5.74, 6) is 1.03. The molecule has 2 aromatic heterocycles. The molecular formula is C14H16N4S. The van der Waals surface area contributed by atoms with Crippen molar-refractivity contribution in [2.24, 2.45) is 0 Å². The Kier molecular flexibility index (Phi) is 3.38. The normalized spacial score (nSPS) is 11.5. The summed E-state index contributed by atoms with van der Waals surface area (Å²) in [6, 6.07) is 8.27. The molecule has 3 aromatic rings. The summed E-state index contributed by atoms with van der Waals surface area (Å²) in [6.45, 7) is 5.18. The molecule has 0 fully saturated rings. The molecule has 5 heteroatoms. The minimum atomic E-state index is 0.770. The lowest BCUT2D eigenvalue weighted by Crippen LogP contribution is -1.98. The maximum absolute atomic E-state index is 4.67. The molecule has 0 unspecified atom stereocenters. The van der Waals surface area contributed by atoms with Crippen molar-refractivity contribution in [3.05, 3.63) is 24.3 Å². The Hall–Kier alpha value is -1.62. The average Bonchev–Trinajstić information content (AvgIpc) is 2.78. The number of para-hydroxylation sites is 1. The van der Waals surface area contributed by atoms with Crippen LogP contribution < -0.4 is 0 Å². The Morgan fingerprint density at radius 3 is 2.79 bits per heavy atom. The van der Waals surface area contributed by atoms with E-state index in [4.69, 9.17) is 0 Å². The first-order valence-corrected chi connectivity index (χ1v) is 7.58. The molecular weight excluding hydrogens is 256 g/mol. The lowest BCUT2D eigenvalue weighted by molar-refractivity contribution is 0.789. The Balaban J connectivity index is 2.23. The van der Waals surface area contributed by atoms with Gasteiger partial charge in [0.05, 0.1) is 5.52 Å². The monoisotopic (exact) mass is 272 g/mol. The van der Waals surface area contributed by atoms with Gasteiger partial charge in [0.25, 0.3) is 0 Å². The highest BCUT2D eigenvalue weighted by molar-refractivity contribution is 7.99. The number of rotatable bonds is 4. The first-order valence-electron chi connectivity index (χ1n) is 6.59. The third-order valence-corrected chi connectivity index (χ3v) is 4.15. The fraction of sp³-hybridized carbons (Fsp3) is 0.357. The molecule has 19 heavy (non-hydrogen) atoms. The predicted octanol–water partition coefficient (Wildman–Crippen LogP) is 3.50. The molecule has 0 atom stereocenters. The smallest absolute Gasteiger partial charge is 0.211 e. The van der Waals surface area contributed by atoms with Gasteiger partial charge in [0.15, 0.2) is 5.65 Å². The van der Waals surface area contributed by atoms with Crippen LogP contribution in [0.5, 0.6) is 0 Å². The van der Waals surface area contributed by atoms with E-state index in [0.717, 1.165) is 40.4 Å². The summed E-state index contributed by atoms with van der Waals surface area (Å²) >= 11 is 1.67. The van der Waals surface area contributed by atoms with Gasteiger partial charge in [0, 0.05) is 17.7 Å². The highest BCUT2D eigenvalue weighted by atomic mass is 32.2. The van der Waals surface area contributed by atoms with Crippen molar-refractivity contribution >= 4 is 33.8 Å². The quantitative estimate of drug-likeness (QED) is 0.682. The van der Waals surface area contributed by atoms with Crippen molar-refractivity contribution in [2.45, 2.75) is 32.0 Å². The van der Waals surface area contributed by atoms with E-state index in [-0.39, 0.29) is 0 Å². The van der Waals surface area contributed by atoms with Gasteiger partial charge in [-0.1, -0.05) is 36.9 Å². The average molecular weight is 272 g/mol. The summed E-state index contributed by atoms with van der Waals surface area (Å²) < 4.78 is 2.20. The molecule has 1 aromatic carbocycles. The summed E-state index contributed by atoms with van der Waals surface area (Å²) in [5, 5.41) is 10.5. The fourth-order valence-corrected chi connectivity index (χ4v) is 2.90. The van der Waals surface area contributed by atoms with Crippen molar-refractivity contribution in [1.82, 2.24) is 19.7 Å². The van der Waals surface area contributed by atoms with E-state index in [1.807, 2.05) is 12.1 Å². The maximum atomic E-state index is 4.67. The topological polar surface area (TPSA) is 43.6 Å². The Morgan fingerprint density at radius 1 is 1.16 bits per heavy atom. The number of benzene rings is 1. The fourth-order valence-electron chi connectivity index (χ4n) is 2.26. The number of nitrogens with zero attached hydrogens (tertiary/aromatic N) is 4. The standard InChI is InChI=1S/C14H16N4S/c1-3-9-19-14-15-13-12(16-17-14)10-7-5-6-8-11(10)18(13)4-2/h5-8H,3-4,9H2,1-2H3. The van der Waals surface area contributed by atoms with Crippen molar-refractivity contribution < 1.29 is 0 Å². The molecule has 3 rings (SSSR count). The molecule has 0 saturated carbocycles. The minimum Gasteiger partial charge on any atom is -0.324 e. The van der Waals surface area contributed by atoms with E-state index in [2.05, 4.69) is 45.7 Å². The highest BCUT2D eigenvalue weighted by Crippen LogP contribution is 2.26. The van der Waals surface area contributed by atoms with Crippen LogP contribution >= 0.6 is 11.8 Å². The van der Waals surface area contributed by atoms with Crippen LogP contribution in [0.1, 0.15) is 20.3 Å². The van der Waals surface area contributed by atoms with Gasteiger partial charge in [-0.3, -0.25) is 0 Å². The number of fused-ring (bicyclic) bond motifs is 3. The number of hydrogen-bond donors (Lipinski definition) is 0. The number of aryl methyl sites for hydroxylation is 1. The van der Waals surface area contributed by atoms with Gasteiger partial charge in [0.1, 0.15) is 5.52 Å². The number of hydrogen-bond acceptors (Lipinski definition) is 4. The van der Waals surface area contributed by atoms with Crippen molar-refractivity contribution in [1.29, 1.82) is 0 Å². The molecule has 0 aliphatic carbocycles. The van der Waals surface area contributed by atoms with Crippen LogP contribution in [0.2, 0.25) is 0 Å². The molecule has 0 saturated heterocycles. The second-order valence-electron chi connectivity index (χ2n) is 4.38. The zero-order chi connectivity index (χ0) is 13.2. The highest BCUT2D eigenvalue weighted by Gasteiger charge is 2.13. The predicted molar refractivity (Wildman–Crippen MR) is 79.5 cm³/mol. The summed E-state index contributed by atoms with van der Waals surface area (Å²) in [4.78, 5) is 4.67. The summed E-state index contributed by atoms with van der Waals surface area (Å²) in [7, 11) is 0. The largest absolute Gasteiger partial charge is 0.324 e. The SMILES string of the molecule is CCCSc1nnc2c3ccccc3n(CC)c2n1. The molecule has 2 heterocycles. The second kappa shape index (κ2) is 5.17. The second-order valence-corrected chi connectivity index (χ2v) is 5.44. The molecule has 0 spiro atoms. The Bertz CT molecular complexity index is 720. The van der Waals surface area contributed by atoms with Crippen LogP contribution in [0, 0.1) is 0 Å². The summed E-state index contributed by atoms with van der Waals surface area (Å²) in [6.07, 6.45) is 1.11. The molecule has 4 nitrogen and oxygen atoms in total.